The van der Waals surface area contributed by atoms with Crippen LogP contribution in [0.4, 0.5) is 13.2 Å². The van der Waals surface area contributed by atoms with Crippen LogP contribution < -0.4 is 0 Å². The molecule has 0 fully saturated rings. The molecule has 0 aliphatic rings. The molecule has 6 heteroatoms. The van der Waals surface area contributed by atoms with Gasteiger partial charge in [-0.2, -0.15) is 18.4 Å². The Kier molecular flexibility index (Phi) is 2.28. The summed E-state index contributed by atoms with van der Waals surface area (Å²) in [6.45, 7) is 1.27. The number of halogens is 3. The number of aromatic nitrogens is 2. The minimum Gasteiger partial charge on any atom is -0.345 e. The predicted molar refractivity (Wildman–Crippen MR) is 37.6 cm³/mol. The molecule has 0 radical (unpaired) electrons. The van der Waals surface area contributed by atoms with Crippen molar-refractivity contribution in [2.45, 2.75) is 19.5 Å². The summed E-state index contributed by atoms with van der Waals surface area (Å²) in [6, 6.07) is 1.71. The summed E-state index contributed by atoms with van der Waals surface area (Å²) >= 11 is 0. The van der Waals surface area contributed by atoms with Crippen LogP contribution in [0.5, 0.6) is 0 Å². The Balaban J connectivity index is 3.05. The molecule has 1 rings (SSSR count). The summed E-state index contributed by atoms with van der Waals surface area (Å²) in [5.41, 5.74) is -1.00. The number of alkyl halides is 3. The molecule has 1 heterocycles. The lowest BCUT2D eigenvalue weighted by atomic mass is 10.3. The van der Waals surface area contributed by atoms with Gasteiger partial charge in [0.2, 0.25) is 0 Å². The largest absolute Gasteiger partial charge is 0.435 e. The third kappa shape index (κ3) is 1.99. The molecule has 0 bridgehead atoms. The fraction of sp³-hybridized carbons (Fsp3) is 0.429. The summed E-state index contributed by atoms with van der Waals surface area (Å²) < 4.78 is 36.4. The zero-order valence-electron chi connectivity index (χ0n) is 6.74. The maximum Gasteiger partial charge on any atom is 0.435 e. The van der Waals surface area contributed by atoms with Gasteiger partial charge in [0.15, 0.2) is 5.69 Å². The molecule has 0 aliphatic carbocycles. The zero-order valence-corrected chi connectivity index (χ0v) is 6.74. The molecule has 0 amide bonds. The molecule has 0 aliphatic heterocycles. The Morgan fingerprint density at radius 3 is 2.54 bits per heavy atom. The normalized spacial score (nSPS) is 11.3. The van der Waals surface area contributed by atoms with Gasteiger partial charge in [-0.25, -0.2) is 4.98 Å². The first-order valence-corrected chi connectivity index (χ1v) is 3.44. The van der Waals surface area contributed by atoms with Crippen molar-refractivity contribution >= 4 is 0 Å². The number of hydrogen-bond donors (Lipinski definition) is 1. The lowest BCUT2D eigenvalue weighted by Crippen LogP contribution is -2.07. The lowest BCUT2D eigenvalue weighted by molar-refractivity contribution is -0.141. The first-order chi connectivity index (χ1) is 5.95. The van der Waals surface area contributed by atoms with E-state index in [-0.39, 0.29) is 17.9 Å². The van der Waals surface area contributed by atoms with Crippen molar-refractivity contribution in [3.05, 3.63) is 17.2 Å². The topological polar surface area (TPSA) is 52.5 Å². The van der Waals surface area contributed by atoms with E-state index in [1.165, 1.54) is 6.92 Å². The molecule has 3 nitrogen and oxygen atoms in total. The van der Waals surface area contributed by atoms with Gasteiger partial charge in [0.25, 0.3) is 0 Å². The van der Waals surface area contributed by atoms with Gasteiger partial charge in [-0.3, -0.25) is 0 Å². The SMILES string of the molecule is Cc1[nH]c(CC#N)nc1C(F)(F)F. The van der Waals surface area contributed by atoms with Crippen LogP contribution in [0.25, 0.3) is 0 Å². The standard InChI is InChI=1S/C7H6F3N3/c1-4-6(7(8,9)10)13-5(12-4)2-3-11/h2H2,1H3,(H,12,13). The van der Waals surface area contributed by atoms with E-state index in [2.05, 4.69) is 9.97 Å². The smallest absolute Gasteiger partial charge is 0.345 e. The second kappa shape index (κ2) is 3.09. The first-order valence-electron chi connectivity index (χ1n) is 3.44. The number of H-pyrrole nitrogens is 1. The number of aryl methyl sites for hydroxylation is 1. The molecule has 0 saturated carbocycles. The van der Waals surface area contributed by atoms with Gasteiger partial charge in [-0.05, 0) is 6.92 Å². The van der Waals surface area contributed by atoms with Crippen LogP contribution >= 0.6 is 0 Å². The maximum atomic E-state index is 12.1. The van der Waals surface area contributed by atoms with Gasteiger partial charge in [0.05, 0.1) is 12.5 Å². The molecule has 1 aromatic heterocycles. The van der Waals surface area contributed by atoms with Crippen molar-refractivity contribution in [1.82, 2.24) is 9.97 Å². The molecule has 0 unspecified atom stereocenters. The second-order valence-electron chi connectivity index (χ2n) is 2.49. The Morgan fingerprint density at radius 2 is 2.15 bits per heavy atom. The van der Waals surface area contributed by atoms with E-state index in [9.17, 15) is 13.2 Å². The summed E-state index contributed by atoms with van der Waals surface area (Å²) in [5, 5.41) is 8.23. The van der Waals surface area contributed by atoms with E-state index in [4.69, 9.17) is 5.26 Å². The highest BCUT2D eigenvalue weighted by molar-refractivity contribution is 5.17. The highest BCUT2D eigenvalue weighted by atomic mass is 19.4. The summed E-state index contributed by atoms with van der Waals surface area (Å²) in [7, 11) is 0. The van der Waals surface area contributed by atoms with Crippen LogP contribution in [0.2, 0.25) is 0 Å². The third-order valence-corrected chi connectivity index (χ3v) is 1.45. The number of hydrogen-bond acceptors (Lipinski definition) is 2. The van der Waals surface area contributed by atoms with Crippen LogP contribution in [0.1, 0.15) is 17.2 Å². The van der Waals surface area contributed by atoms with Crippen LogP contribution in [-0.2, 0) is 12.6 Å². The fourth-order valence-corrected chi connectivity index (χ4v) is 0.957. The van der Waals surface area contributed by atoms with E-state index < -0.39 is 11.9 Å². The van der Waals surface area contributed by atoms with Crippen LogP contribution in [0.3, 0.4) is 0 Å². The number of nitrogens with one attached hydrogen (secondary N) is 1. The van der Waals surface area contributed by atoms with Crippen molar-refractivity contribution < 1.29 is 13.2 Å². The zero-order chi connectivity index (χ0) is 10.1. The number of aromatic amines is 1. The van der Waals surface area contributed by atoms with Crippen LogP contribution in [0.15, 0.2) is 0 Å². The molecule has 0 saturated heterocycles. The second-order valence-corrected chi connectivity index (χ2v) is 2.49. The molecular weight excluding hydrogens is 183 g/mol. The van der Waals surface area contributed by atoms with Gasteiger partial charge in [-0.15, -0.1) is 0 Å². The highest BCUT2D eigenvalue weighted by Gasteiger charge is 2.35. The average Bonchev–Trinajstić information content (AvgIpc) is 2.30. The third-order valence-electron chi connectivity index (χ3n) is 1.45. The van der Waals surface area contributed by atoms with Crippen molar-refractivity contribution in [3.63, 3.8) is 0 Å². The van der Waals surface area contributed by atoms with E-state index in [1.807, 2.05) is 0 Å². The van der Waals surface area contributed by atoms with Crippen molar-refractivity contribution in [3.8, 4) is 6.07 Å². The lowest BCUT2D eigenvalue weighted by Gasteiger charge is -2.01. The minimum absolute atomic E-state index is 0.0484. The minimum atomic E-state index is -4.45. The number of nitrogens with zero attached hydrogens (tertiary/aromatic N) is 2. The van der Waals surface area contributed by atoms with E-state index in [0.29, 0.717) is 0 Å². The maximum absolute atomic E-state index is 12.1. The van der Waals surface area contributed by atoms with Gasteiger partial charge in [0, 0.05) is 5.69 Å². The van der Waals surface area contributed by atoms with Crippen LogP contribution in [0, 0.1) is 18.3 Å². The predicted octanol–water partition coefficient (Wildman–Crippen LogP) is 1.80. The Morgan fingerprint density at radius 1 is 1.54 bits per heavy atom. The average molecular weight is 189 g/mol. The van der Waals surface area contributed by atoms with E-state index in [1.54, 1.807) is 6.07 Å². The Bertz CT molecular complexity index is 345. The molecule has 70 valence electrons. The summed E-state index contributed by atoms with van der Waals surface area (Å²) in [4.78, 5) is 5.67. The fourth-order valence-electron chi connectivity index (χ4n) is 0.957. The van der Waals surface area contributed by atoms with Crippen LogP contribution in [-0.4, -0.2) is 9.97 Å². The number of rotatable bonds is 1. The molecule has 1 aromatic rings. The summed E-state index contributed by atoms with van der Waals surface area (Å²) in [5.74, 6) is 0.0484. The molecule has 0 aromatic carbocycles. The van der Waals surface area contributed by atoms with Gasteiger partial charge >= 0.3 is 6.18 Å². The quantitative estimate of drug-likeness (QED) is 0.732. The Hall–Kier alpha value is -1.51. The molecule has 0 spiro atoms. The van der Waals surface area contributed by atoms with E-state index >= 15 is 0 Å². The van der Waals surface area contributed by atoms with Gasteiger partial charge in [0.1, 0.15) is 5.82 Å². The number of nitriles is 1. The Labute approximate surface area is 72.2 Å². The van der Waals surface area contributed by atoms with Crippen molar-refractivity contribution in [2.75, 3.05) is 0 Å². The molecule has 1 N–H and O–H groups in total. The van der Waals surface area contributed by atoms with E-state index in [0.717, 1.165) is 0 Å². The molecule has 0 atom stereocenters. The highest BCUT2D eigenvalue weighted by Crippen LogP contribution is 2.29. The number of imidazole rings is 1. The molecular formula is C7H6F3N3. The van der Waals surface area contributed by atoms with Gasteiger partial charge < -0.3 is 4.98 Å². The molecule has 13 heavy (non-hydrogen) atoms. The monoisotopic (exact) mass is 189 g/mol. The first kappa shape index (κ1) is 9.58. The van der Waals surface area contributed by atoms with Crippen molar-refractivity contribution in [1.29, 1.82) is 5.26 Å². The summed E-state index contributed by atoms with van der Waals surface area (Å²) in [6.07, 6.45) is -4.59. The van der Waals surface area contributed by atoms with Crippen molar-refractivity contribution in [2.24, 2.45) is 0 Å². The van der Waals surface area contributed by atoms with Gasteiger partial charge in [-0.1, -0.05) is 0 Å².